The average molecular weight is 317 g/mol. The zero-order chi connectivity index (χ0) is 12.7. The molecule has 1 amide bonds. The van der Waals surface area contributed by atoms with E-state index < -0.39 is 0 Å². The van der Waals surface area contributed by atoms with Gasteiger partial charge in [-0.25, -0.2) is 0 Å². The molecule has 0 unspecified atom stereocenters. The van der Waals surface area contributed by atoms with Gasteiger partial charge in [-0.3, -0.25) is 4.79 Å². The zero-order valence-corrected chi connectivity index (χ0v) is 12.5. The first-order chi connectivity index (χ1) is 8.13. The molecule has 0 heterocycles. The summed E-state index contributed by atoms with van der Waals surface area (Å²) in [5.74, 6) is 0.541. The third-order valence-electron chi connectivity index (χ3n) is 2.19. The van der Waals surface area contributed by atoms with Crippen LogP contribution < -0.4 is 10.6 Å². The van der Waals surface area contributed by atoms with E-state index in [0.29, 0.717) is 12.3 Å². The highest BCUT2D eigenvalue weighted by molar-refractivity contribution is 9.10. The number of hydrogen-bond donors (Lipinski definition) is 2. The molecule has 2 N–H and O–H groups in total. The lowest BCUT2D eigenvalue weighted by Crippen LogP contribution is -2.31. The van der Waals surface area contributed by atoms with Crippen LogP contribution in [0.15, 0.2) is 27.6 Å². The molecule has 0 saturated heterocycles. The number of amides is 1. The molecule has 1 aromatic rings. The molecule has 0 bridgehead atoms. The van der Waals surface area contributed by atoms with Crippen LogP contribution in [0.3, 0.4) is 0 Å². The van der Waals surface area contributed by atoms with Gasteiger partial charge < -0.3 is 10.6 Å². The van der Waals surface area contributed by atoms with E-state index in [1.54, 1.807) is 11.8 Å². The van der Waals surface area contributed by atoms with Crippen molar-refractivity contribution in [2.24, 2.45) is 0 Å². The highest BCUT2D eigenvalue weighted by Crippen LogP contribution is 2.24. The van der Waals surface area contributed by atoms with E-state index in [4.69, 9.17) is 0 Å². The van der Waals surface area contributed by atoms with Crippen molar-refractivity contribution in [2.45, 2.75) is 11.8 Å². The third kappa shape index (κ3) is 5.57. The van der Waals surface area contributed by atoms with Crippen LogP contribution in [0.1, 0.15) is 5.56 Å². The summed E-state index contributed by atoms with van der Waals surface area (Å²) in [5, 5.41) is 5.84. The number of thioether (sulfide) groups is 1. The predicted octanol–water partition coefficient (Wildman–Crippen LogP) is 2.19. The molecule has 0 radical (unpaired) electrons. The zero-order valence-electron chi connectivity index (χ0n) is 10.0. The van der Waals surface area contributed by atoms with E-state index in [1.165, 1.54) is 5.56 Å². The number of carbonyl (C=O) groups is 1. The Morgan fingerprint density at radius 2 is 2.18 bits per heavy atom. The fraction of sp³-hybridized carbons (Fsp3) is 0.417. The standard InChI is InChI=1S/C12H17BrN2OS/c1-9-7-10(13)3-4-11(9)17-8-12(16)15-6-5-14-2/h3-4,7,14H,5-6,8H2,1-2H3,(H,15,16). The Kier molecular flexibility index (Phi) is 6.62. The van der Waals surface area contributed by atoms with E-state index in [0.717, 1.165) is 15.9 Å². The van der Waals surface area contributed by atoms with Crippen molar-refractivity contribution in [3.63, 3.8) is 0 Å². The molecule has 3 nitrogen and oxygen atoms in total. The number of carbonyl (C=O) groups excluding carboxylic acids is 1. The molecule has 17 heavy (non-hydrogen) atoms. The van der Waals surface area contributed by atoms with Crippen LogP contribution in [-0.4, -0.2) is 31.8 Å². The molecule has 0 aromatic heterocycles. The Labute approximate surface area is 115 Å². The van der Waals surface area contributed by atoms with Gasteiger partial charge in [-0.2, -0.15) is 0 Å². The topological polar surface area (TPSA) is 41.1 Å². The van der Waals surface area contributed by atoms with Gasteiger partial charge in [0.15, 0.2) is 0 Å². The summed E-state index contributed by atoms with van der Waals surface area (Å²) in [6.45, 7) is 3.52. The minimum absolute atomic E-state index is 0.0765. The Morgan fingerprint density at radius 1 is 1.41 bits per heavy atom. The van der Waals surface area contributed by atoms with Gasteiger partial charge in [-0.1, -0.05) is 15.9 Å². The van der Waals surface area contributed by atoms with Gasteiger partial charge in [-0.05, 0) is 37.7 Å². The van der Waals surface area contributed by atoms with Crippen LogP contribution >= 0.6 is 27.7 Å². The Hall–Kier alpha value is -0.520. The number of rotatable bonds is 6. The SMILES string of the molecule is CNCCNC(=O)CSc1ccc(Br)cc1C. The summed E-state index contributed by atoms with van der Waals surface area (Å²) in [7, 11) is 1.87. The second kappa shape index (κ2) is 7.74. The van der Waals surface area contributed by atoms with Gasteiger partial charge >= 0.3 is 0 Å². The van der Waals surface area contributed by atoms with Crippen LogP contribution in [0.4, 0.5) is 0 Å². The second-order valence-electron chi connectivity index (χ2n) is 3.65. The molecule has 1 rings (SSSR count). The normalized spacial score (nSPS) is 10.3. The fourth-order valence-electron chi connectivity index (χ4n) is 1.30. The smallest absolute Gasteiger partial charge is 0.230 e. The summed E-state index contributed by atoms with van der Waals surface area (Å²) in [6, 6.07) is 6.08. The van der Waals surface area contributed by atoms with Crippen molar-refractivity contribution < 1.29 is 4.79 Å². The first-order valence-electron chi connectivity index (χ1n) is 5.43. The van der Waals surface area contributed by atoms with E-state index in [2.05, 4.69) is 32.6 Å². The Morgan fingerprint density at radius 3 is 2.82 bits per heavy atom. The van der Waals surface area contributed by atoms with Gasteiger partial charge in [-0.15, -0.1) is 11.8 Å². The number of hydrogen-bond acceptors (Lipinski definition) is 3. The molecule has 0 atom stereocenters. The van der Waals surface area contributed by atoms with E-state index >= 15 is 0 Å². The summed E-state index contributed by atoms with van der Waals surface area (Å²) < 4.78 is 1.07. The van der Waals surface area contributed by atoms with Gasteiger partial charge in [0, 0.05) is 22.5 Å². The third-order valence-corrected chi connectivity index (χ3v) is 3.86. The molecule has 5 heteroatoms. The number of likely N-dealkylation sites (N-methyl/N-ethyl adjacent to an activating group) is 1. The minimum Gasteiger partial charge on any atom is -0.354 e. The van der Waals surface area contributed by atoms with E-state index in [9.17, 15) is 4.79 Å². The lowest BCUT2D eigenvalue weighted by atomic mass is 10.2. The average Bonchev–Trinajstić information content (AvgIpc) is 2.28. The predicted molar refractivity (Wildman–Crippen MR) is 76.5 cm³/mol. The molecular weight excluding hydrogens is 300 g/mol. The molecule has 1 aromatic carbocycles. The molecule has 0 saturated carbocycles. The van der Waals surface area contributed by atoms with Crippen LogP contribution in [0.2, 0.25) is 0 Å². The van der Waals surface area contributed by atoms with Gasteiger partial charge in [0.05, 0.1) is 5.75 Å². The molecule has 94 valence electrons. The fourth-order valence-corrected chi connectivity index (χ4v) is 2.61. The molecule has 0 aliphatic rings. The van der Waals surface area contributed by atoms with Crippen LogP contribution in [0, 0.1) is 6.92 Å². The van der Waals surface area contributed by atoms with Crippen LogP contribution in [0.25, 0.3) is 0 Å². The lowest BCUT2D eigenvalue weighted by molar-refractivity contribution is -0.118. The largest absolute Gasteiger partial charge is 0.354 e. The number of nitrogens with one attached hydrogen (secondary N) is 2. The first-order valence-corrected chi connectivity index (χ1v) is 7.21. The van der Waals surface area contributed by atoms with Crippen molar-refractivity contribution in [3.8, 4) is 0 Å². The summed E-state index contributed by atoms with van der Waals surface area (Å²) in [5.41, 5.74) is 1.19. The highest BCUT2D eigenvalue weighted by atomic mass is 79.9. The summed E-state index contributed by atoms with van der Waals surface area (Å²) in [4.78, 5) is 12.7. The maximum absolute atomic E-state index is 11.5. The van der Waals surface area contributed by atoms with E-state index in [1.807, 2.05) is 26.1 Å². The molecule has 0 fully saturated rings. The molecule has 0 aliphatic heterocycles. The number of aryl methyl sites for hydroxylation is 1. The van der Waals surface area contributed by atoms with E-state index in [-0.39, 0.29) is 5.91 Å². The van der Waals surface area contributed by atoms with Crippen LogP contribution in [0.5, 0.6) is 0 Å². The monoisotopic (exact) mass is 316 g/mol. The summed E-state index contributed by atoms with van der Waals surface area (Å²) >= 11 is 4.99. The molecule has 0 spiro atoms. The summed E-state index contributed by atoms with van der Waals surface area (Å²) in [6.07, 6.45) is 0. The lowest BCUT2D eigenvalue weighted by Gasteiger charge is -2.07. The first kappa shape index (κ1) is 14.5. The van der Waals surface area contributed by atoms with Crippen molar-refractivity contribution in [1.29, 1.82) is 0 Å². The van der Waals surface area contributed by atoms with Crippen molar-refractivity contribution >= 4 is 33.6 Å². The van der Waals surface area contributed by atoms with Crippen LogP contribution in [-0.2, 0) is 4.79 Å². The highest BCUT2D eigenvalue weighted by Gasteiger charge is 2.04. The molecule has 0 aliphatic carbocycles. The van der Waals surface area contributed by atoms with Gasteiger partial charge in [0.1, 0.15) is 0 Å². The van der Waals surface area contributed by atoms with Crippen molar-refractivity contribution in [3.05, 3.63) is 28.2 Å². The number of halogens is 1. The maximum Gasteiger partial charge on any atom is 0.230 e. The molecular formula is C12H17BrN2OS. The van der Waals surface area contributed by atoms with Crippen molar-refractivity contribution in [1.82, 2.24) is 10.6 Å². The quantitative estimate of drug-likeness (QED) is 0.624. The Balaban J connectivity index is 2.37. The number of benzene rings is 1. The van der Waals surface area contributed by atoms with Crippen molar-refractivity contribution in [2.75, 3.05) is 25.9 Å². The van der Waals surface area contributed by atoms with Gasteiger partial charge in [0.25, 0.3) is 0 Å². The Bertz CT molecular complexity index is 385. The maximum atomic E-state index is 11.5. The van der Waals surface area contributed by atoms with Gasteiger partial charge in [0.2, 0.25) is 5.91 Å². The minimum atomic E-state index is 0.0765. The second-order valence-corrected chi connectivity index (χ2v) is 5.58.